The van der Waals surface area contributed by atoms with E-state index in [0.717, 1.165) is 19.4 Å². The summed E-state index contributed by atoms with van der Waals surface area (Å²) in [5.41, 5.74) is 0. The highest BCUT2D eigenvalue weighted by molar-refractivity contribution is 6.17. The van der Waals surface area contributed by atoms with Gasteiger partial charge in [-0.2, -0.15) is 4.99 Å². The van der Waals surface area contributed by atoms with Crippen molar-refractivity contribution in [3.63, 3.8) is 0 Å². The van der Waals surface area contributed by atoms with Crippen molar-refractivity contribution >= 4 is 17.6 Å². The normalized spacial score (nSPS) is 30.6. The monoisotopic (exact) mass is 223 g/mol. The number of hydrogen-bond donors (Lipinski definition) is 2. The first-order valence-electron chi connectivity index (χ1n) is 5.76. The van der Waals surface area contributed by atoms with Gasteiger partial charge in [0.05, 0.1) is 6.04 Å². The van der Waals surface area contributed by atoms with E-state index in [1.54, 1.807) is 0 Å². The number of aliphatic imine (C=N–C) groups is 1. The van der Waals surface area contributed by atoms with Crippen LogP contribution in [0.2, 0.25) is 0 Å². The first kappa shape index (κ1) is 11.3. The van der Waals surface area contributed by atoms with Crippen molar-refractivity contribution in [2.24, 2.45) is 16.8 Å². The van der Waals surface area contributed by atoms with Crippen LogP contribution in [0.1, 0.15) is 26.7 Å². The van der Waals surface area contributed by atoms with Crippen LogP contribution in [0.25, 0.3) is 0 Å². The van der Waals surface area contributed by atoms with Crippen LogP contribution in [0.5, 0.6) is 0 Å². The lowest BCUT2D eigenvalue weighted by Gasteiger charge is -2.25. The van der Waals surface area contributed by atoms with Crippen LogP contribution in [-0.2, 0) is 9.59 Å². The van der Waals surface area contributed by atoms with E-state index >= 15 is 0 Å². The highest BCUT2D eigenvalue weighted by Crippen LogP contribution is 2.18. The van der Waals surface area contributed by atoms with E-state index in [1.807, 2.05) is 13.8 Å². The minimum absolute atomic E-state index is 0.00524. The Hall–Kier alpha value is -1.23. The van der Waals surface area contributed by atoms with Crippen LogP contribution in [0.15, 0.2) is 4.99 Å². The molecule has 88 valence electrons. The van der Waals surface area contributed by atoms with Gasteiger partial charge in [0.1, 0.15) is 11.8 Å². The van der Waals surface area contributed by atoms with Crippen LogP contribution in [0.4, 0.5) is 0 Å². The van der Waals surface area contributed by atoms with E-state index in [1.165, 1.54) is 0 Å². The summed E-state index contributed by atoms with van der Waals surface area (Å²) in [7, 11) is 0. The van der Waals surface area contributed by atoms with Crippen LogP contribution in [0, 0.1) is 11.8 Å². The van der Waals surface area contributed by atoms with Crippen molar-refractivity contribution in [1.29, 1.82) is 0 Å². The van der Waals surface area contributed by atoms with E-state index in [9.17, 15) is 9.59 Å². The average molecular weight is 223 g/mol. The molecule has 16 heavy (non-hydrogen) atoms. The van der Waals surface area contributed by atoms with Crippen molar-refractivity contribution in [2.75, 3.05) is 6.54 Å². The van der Waals surface area contributed by atoms with E-state index in [0.29, 0.717) is 5.84 Å². The maximum Gasteiger partial charge on any atom is 0.260 e. The molecular weight excluding hydrogens is 206 g/mol. The highest BCUT2D eigenvalue weighted by atomic mass is 16.2. The minimum Gasteiger partial charge on any atom is -0.312 e. The molecule has 5 heteroatoms. The van der Waals surface area contributed by atoms with Gasteiger partial charge < -0.3 is 10.6 Å². The molecule has 2 aliphatic heterocycles. The van der Waals surface area contributed by atoms with Crippen LogP contribution < -0.4 is 10.6 Å². The van der Waals surface area contributed by atoms with Gasteiger partial charge in [0.2, 0.25) is 5.91 Å². The number of amides is 2. The van der Waals surface area contributed by atoms with E-state index in [4.69, 9.17) is 0 Å². The van der Waals surface area contributed by atoms with E-state index in [2.05, 4.69) is 15.6 Å². The van der Waals surface area contributed by atoms with Gasteiger partial charge in [-0.1, -0.05) is 13.8 Å². The molecule has 0 aromatic carbocycles. The number of nitrogens with one attached hydrogen (secondary N) is 2. The van der Waals surface area contributed by atoms with Crippen LogP contribution >= 0.6 is 0 Å². The van der Waals surface area contributed by atoms with E-state index in [-0.39, 0.29) is 23.8 Å². The molecular formula is C11H17N3O2. The largest absolute Gasteiger partial charge is 0.312 e. The summed E-state index contributed by atoms with van der Waals surface area (Å²) in [5.74, 6) is -0.634. The Kier molecular flexibility index (Phi) is 3.05. The SMILES string of the molecule is CC(C)C1C(=O)N=C(C2CCCN2)NC1=O. The number of carbonyl (C=O) groups excluding carboxylic acids is 2. The molecule has 1 saturated heterocycles. The summed E-state index contributed by atoms with van der Waals surface area (Å²) >= 11 is 0. The maximum absolute atomic E-state index is 11.8. The zero-order valence-corrected chi connectivity index (χ0v) is 9.62. The third kappa shape index (κ3) is 2.00. The summed E-state index contributed by atoms with van der Waals surface area (Å²) in [6, 6.07) is 0.0426. The molecule has 0 bridgehead atoms. The van der Waals surface area contributed by atoms with Gasteiger partial charge in [0.15, 0.2) is 0 Å². The quantitative estimate of drug-likeness (QED) is 0.651. The Morgan fingerprint density at radius 2 is 2.12 bits per heavy atom. The lowest BCUT2D eigenvalue weighted by atomic mass is 9.92. The predicted molar refractivity (Wildman–Crippen MR) is 59.9 cm³/mol. The Balaban J connectivity index is 2.16. The van der Waals surface area contributed by atoms with Crippen molar-refractivity contribution < 1.29 is 9.59 Å². The Morgan fingerprint density at radius 3 is 2.62 bits per heavy atom. The fourth-order valence-corrected chi connectivity index (χ4v) is 2.20. The zero-order valence-electron chi connectivity index (χ0n) is 9.62. The summed E-state index contributed by atoms with van der Waals surface area (Å²) in [4.78, 5) is 27.5. The van der Waals surface area contributed by atoms with Gasteiger partial charge in [0.25, 0.3) is 5.91 Å². The topological polar surface area (TPSA) is 70.6 Å². The van der Waals surface area contributed by atoms with Gasteiger partial charge in [-0.05, 0) is 25.3 Å². The molecule has 2 N–H and O–H groups in total. The van der Waals surface area contributed by atoms with Gasteiger partial charge >= 0.3 is 0 Å². The van der Waals surface area contributed by atoms with Crippen molar-refractivity contribution in [3.8, 4) is 0 Å². The van der Waals surface area contributed by atoms with Crippen molar-refractivity contribution in [1.82, 2.24) is 10.6 Å². The second-order valence-corrected chi connectivity index (χ2v) is 4.70. The maximum atomic E-state index is 11.8. The summed E-state index contributed by atoms with van der Waals surface area (Å²) in [6.07, 6.45) is 1.99. The molecule has 2 amide bonds. The van der Waals surface area contributed by atoms with Gasteiger partial charge in [0, 0.05) is 0 Å². The Labute approximate surface area is 94.7 Å². The molecule has 0 aromatic heterocycles. The standard InChI is InChI=1S/C11H17N3O2/c1-6(2)8-10(15)13-9(14-11(8)16)7-4-3-5-12-7/h6-8,12H,3-5H2,1-2H3,(H,13,14,15,16). The molecule has 0 spiro atoms. The lowest BCUT2D eigenvalue weighted by Crippen LogP contribution is -2.52. The molecule has 2 aliphatic rings. The fraction of sp³-hybridized carbons (Fsp3) is 0.727. The third-order valence-electron chi connectivity index (χ3n) is 3.09. The first-order chi connectivity index (χ1) is 7.59. The number of carbonyl (C=O) groups is 2. The third-order valence-corrected chi connectivity index (χ3v) is 3.09. The molecule has 0 aliphatic carbocycles. The molecule has 0 saturated carbocycles. The molecule has 1 fully saturated rings. The van der Waals surface area contributed by atoms with Crippen LogP contribution in [0.3, 0.4) is 0 Å². The van der Waals surface area contributed by atoms with Gasteiger partial charge in [-0.15, -0.1) is 0 Å². The average Bonchev–Trinajstić information content (AvgIpc) is 2.67. The predicted octanol–water partition coefficient (Wildman–Crippen LogP) is 0.0655. The molecule has 5 nitrogen and oxygen atoms in total. The number of hydrogen-bond acceptors (Lipinski definition) is 3. The summed E-state index contributed by atoms with van der Waals surface area (Å²) < 4.78 is 0. The van der Waals surface area contributed by atoms with Crippen molar-refractivity contribution in [3.05, 3.63) is 0 Å². The Morgan fingerprint density at radius 1 is 1.38 bits per heavy atom. The summed E-state index contributed by atoms with van der Waals surface area (Å²) in [5, 5.41) is 5.96. The molecule has 0 radical (unpaired) electrons. The first-order valence-corrected chi connectivity index (χ1v) is 5.76. The lowest BCUT2D eigenvalue weighted by molar-refractivity contribution is -0.135. The number of nitrogens with zero attached hydrogens (tertiary/aromatic N) is 1. The number of amidine groups is 1. The van der Waals surface area contributed by atoms with Crippen LogP contribution in [-0.4, -0.2) is 30.2 Å². The highest BCUT2D eigenvalue weighted by Gasteiger charge is 2.36. The minimum atomic E-state index is -0.620. The summed E-state index contributed by atoms with van der Waals surface area (Å²) in [6.45, 7) is 4.63. The second kappa shape index (κ2) is 4.33. The molecule has 2 unspecified atom stereocenters. The van der Waals surface area contributed by atoms with Gasteiger partial charge in [-0.25, -0.2) is 0 Å². The van der Waals surface area contributed by atoms with Crippen molar-refractivity contribution in [2.45, 2.75) is 32.7 Å². The molecule has 2 atom stereocenters. The smallest absolute Gasteiger partial charge is 0.260 e. The molecule has 2 rings (SSSR count). The number of rotatable bonds is 2. The fourth-order valence-electron chi connectivity index (χ4n) is 2.20. The Bertz CT molecular complexity index is 343. The van der Waals surface area contributed by atoms with Gasteiger partial charge in [-0.3, -0.25) is 9.59 Å². The molecule has 2 heterocycles. The molecule has 0 aromatic rings. The second-order valence-electron chi connectivity index (χ2n) is 4.70. The zero-order chi connectivity index (χ0) is 11.7. The van der Waals surface area contributed by atoms with E-state index < -0.39 is 5.92 Å².